The zero-order valence-electron chi connectivity index (χ0n) is 60.4. The molecule has 5 nitrogen and oxygen atoms in total. The molecule has 3 heterocycles. The fraction of sp³-hybridized carbons (Fsp3) is 0.405. The Bertz CT molecular complexity index is 4190. The van der Waals surface area contributed by atoms with E-state index in [1.54, 1.807) is 0 Å². The number of rotatable bonds is 18. The molecule has 0 saturated carbocycles. The first-order valence-corrected chi connectivity index (χ1v) is 31.3. The molecule has 0 amide bonds. The van der Waals surface area contributed by atoms with Gasteiger partial charge < -0.3 is 14.5 Å². The van der Waals surface area contributed by atoms with Gasteiger partial charge in [0.15, 0.2) is 0 Å². The number of fused-ring (bicyclic) bond motifs is 4. The second kappa shape index (κ2) is 24.1. The number of benzene rings is 7. The summed E-state index contributed by atoms with van der Waals surface area (Å²) >= 11 is 0. The maximum absolute atomic E-state index is 10.3. The Balaban J connectivity index is 1.16. The highest BCUT2D eigenvalue weighted by Crippen LogP contribution is 2.52. The van der Waals surface area contributed by atoms with Gasteiger partial charge in [-0.25, -0.2) is 4.98 Å². The van der Waals surface area contributed by atoms with Gasteiger partial charge in [0.25, 0.3) is 0 Å². The van der Waals surface area contributed by atoms with E-state index in [4.69, 9.17) is 9.72 Å². The molecule has 438 valence electrons. The normalized spacial score (nSPS) is 14.4. The second-order valence-electron chi connectivity index (χ2n) is 28.3. The van der Waals surface area contributed by atoms with Crippen LogP contribution in [0.15, 0.2) is 152 Å². The first kappa shape index (κ1) is 51.3. The Morgan fingerprint density at radius 1 is 0.560 bits per heavy atom. The van der Waals surface area contributed by atoms with Crippen molar-refractivity contribution < 1.29 is 14.3 Å². The molecule has 2 aromatic heterocycles. The van der Waals surface area contributed by atoms with Gasteiger partial charge >= 0.3 is 0 Å². The molecule has 0 aliphatic carbocycles. The van der Waals surface area contributed by atoms with E-state index < -0.39 is 16.2 Å². The number of aryl methyl sites for hydroxylation is 2. The number of pyridine rings is 1. The lowest BCUT2D eigenvalue weighted by molar-refractivity contribution is 0.483. The first-order valence-electron chi connectivity index (χ1n) is 34.8. The minimum atomic E-state index is -0.723. The fourth-order valence-electron chi connectivity index (χ4n) is 12.0. The van der Waals surface area contributed by atoms with Crippen molar-refractivity contribution in [2.75, 3.05) is 16.5 Å². The van der Waals surface area contributed by atoms with Crippen LogP contribution in [0.3, 0.4) is 0 Å². The third kappa shape index (κ3) is 12.8. The van der Waals surface area contributed by atoms with Gasteiger partial charge in [-0.1, -0.05) is 216 Å². The molecular formula is C79H96N4O. The molecule has 0 atom stereocenters. The van der Waals surface area contributed by atoms with Crippen LogP contribution in [0.5, 0.6) is 11.5 Å². The number of aromatic nitrogens is 2. The topological polar surface area (TPSA) is 33.5 Å². The van der Waals surface area contributed by atoms with Crippen LogP contribution >= 0.6 is 0 Å². The summed E-state index contributed by atoms with van der Waals surface area (Å²) in [7, 11) is 0. The van der Waals surface area contributed by atoms with Crippen LogP contribution in [-0.4, -0.2) is 16.2 Å². The van der Waals surface area contributed by atoms with Gasteiger partial charge in [-0.3, -0.25) is 4.57 Å². The van der Waals surface area contributed by atoms with Crippen molar-refractivity contribution in [3.8, 4) is 39.6 Å². The van der Waals surface area contributed by atoms with Crippen molar-refractivity contribution in [2.24, 2.45) is 5.92 Å². The highest BCUT2D eigenvalue weighted by atomic mass is 16.5. The molecule has 1 aliphatic rings. The summed E-state index contributed by atoms with van der Waals surface area (Å²) in [5.41, 5.74) is 11.3. The predicted molar refractivity (Wildman–Crippen MR) is 362 cm³/mol. The van der Waals surface area contributed by atoms with Crippen molar-refractivity contribution in [2.45, 2.75) is 197 Å². The molecule has 0 fully saturated rings. The molecule has 10 rings (SSSR count). The minimum absolute atomic E-state index is 0.00828. The van der Waals surface area contributed by atoms with Crippen molar-refractivity contribution in [3.05, 3.63) is 191 Å². The lowest BCUT2D eigenvalue weighted by atomic mass is 9.78. The zero-order chi connectivity index (χ0) is 66.0. The van der Waals surface area contributed by atoms with Gasteiger partial charge in [0, 0.05) is 45.9 Å². The minimum Gasteiger partial charge on any atom is -0.457 e. The molecule has 0 unspecified atom stereocenters. The van der Waals surface area contributed by atoms with E-state index in [-0.39, 0.29) is 65.9 Å². The molecule has 5 heteroatoms. The zero-order valence-corrected chi connectivity index (χ0v) is 53.4. The standard InChI is InChI=1S/C79H96N4O/c1-17-19-20-21-22-23-29-55-36-39-71-74(65(55)28-18-2)66-38-37-64(51-72(66)83(71)73-49-59(40-41-80-73)77(8,9)10)84-63-33-27-32-62(50-63)81-52-82(70-35-25-24-34-69(70)81)75-67(56-30-26-31-58(45-56)76(5,6)7)43-54(42-53(3)4)44-68(75)57-46-60(78(11,12)13)48-61(47-57)79(14,15)16/h24-27,30-41,43-51,53H,17-23,28-29,42,52H2,1-16H3/i26D,30D,31D,45D,46D,47D,48D. The number of anilines is 4. The number of hydrogen-bond donors (Lipinski definition) is 0. The van der Waals surface area contributed by atoms with Crippen molar-refractivity contribution in [3.63, 3.8) is 0 Å². The van der Waals surface area contributed by atoms with Crippen molar-refractivity contribution >= 4 is 44.6 Å². The number of ether oxygens (including phenoxy) is 1. The lowest BCUT2D eigenvalue weighted by Crippen LogP contribution is -2.25. The Morgan fingerprint density at radius 2 is 1.20 bits per heavy atom. The van der Waals surface area contributed by atoms with Crippen LogP contribution in [0.25, 0.3) is 49.9 Å². The lowest BCUT2D eigenvalue weighted by Gasteiger charge is -2.30. The molecule has 0 spiro atoms. The Hall–Kier alpha value is -7.11. The third-order valence-corrected chi connectivity index (χ3v) is 16.6. The van der Waals surface area contributed by atoms with E-state index in [0.29, 0.717) is 57.0 Å². The Kier molecular flexibility index (Phi) is 14.7. The summed E-state index contributed by atoms with van der Waals surface area (Å²) in [6.45, 7) is 33.8. The highest BCUT2D eigenvalue weighted by Gasteiger charge is 2.33. The van der Waals surface area contributed by atoms with Crippen molar-refractivity contribution in [1.29, 1.82) is 0 Å². The highest BCUT2D eigenvalue weighted by molar-refractivity contribution is 6.11. The van der Waals surface area contributed by atoms with Crippen molar-refractivity contribution in [1.82, 2.24) is 9.55 Å². The third-order valence-electron chi connectivity index (χ3n) is 16.6. The number of para-hydroxylation sites is 2. The summed E-state index contributed by atoms with van der Waals surface area (Å²) in [5.74, 6) is 2.37. The van der Waals surface area contributed by atoms with Gasteiger partial charge in [0.1, 0.15) is 24.0 Å². The smallest absolute Gasteiger partial charge is 0.137 e. The van der Waals surface area contributed by atoms with Gasteiger partial charge in [-0.2, -0.15) is 0 Å². The molecule has 7 aromatic carbocycles. The summed E-state index contributed by atoms with van der Waals surface area (Å²) in [5, 5.41) is 2.46. The largest absolute Gasteiger partial charge is 0.457 e. The number of hydrogen-bond acceptors (Lipinski definition) is 4. The molecule has 9 aromatic rings. The average molecular weight is 1120 g/mol. The molecule has 0 radical (unpaired) electrons. The SMILES string of the molecule is [2H]c1c([2H])c(-c2cc(CC(C)C)cc(-c3c([2H])c(C(C)(C)C)c([2H])c(C(C)(C)C)c3[2H])c2N2CN(c3cccc(Oc4ccc5c6c(CCC)c(CCCCCCCC)ccc6n(-c6cc(C(C)(C)C)ccn6)c5c4)c3)c3ccccc32)c([2H])c(C(C)(C)C)c1[2H]. The number of unbranched alkanes of at least 4 members (excludes halogenated alkanes) is 5. The quantitative estimate of drug-likeness (QED) is 0.0802. The van der Waals surface area contributed by atoms with E-state index in [2.05, 4.69) is 142 Å². The van der Waals surface area contributed by atoms with Crippen LogP contribution < -0.4 is 14.5 Å². The average Bonchev–Trinajstić information content (AvgIpc) is 1.72. The summed E-state index contributed by atoms with van der Waals surface area (Å²) < 4.78 is 78.3. The summed E-state index contributed by atoms with van der Waals surface area (Å²) in [6.07, 6.45) is 13.2. The van der Waals surface area contributed by atoms with Crippen LogP contribution in [0, 0.1) is 5.92 Å². The molecule has 0 N–H and O–H groups in total. The molecular weight excluding hydrogens is 1020 g/mol. The van der Waals surface area contributed by atoms with E-state index >= 15 is 0 Å². The van der Waals surface area contributed by atoms with Gasteiger partial charge in [0.2, 0.25) is 0 Å². The van der Waals surface area contributed by atoms with Gasteiger partial charge in [-0.05, 0) is 170 Å². The van der Waals surface area contributed by atoms with E-state index in [1.807, 2.05) is 92.8 Å². The predicted octanol–water partition coefficient (Wildman–Crippen LogP) is 22.8. The fourth-order valence-corrected chi connectivity index (χ4v) is 12.0. The van der Waals surface area contributed by atoms with E-state index in [0.717, 1.165) is 58.7 Å². The van der Waals surface area contributed by atoms with Crippen LogP contribution in [0.1, 0.15) is 204 Å². The maximum Gasteiger partial charge on any atom is 0.137 e. The Labute approximate surface area is 515 Å². The number of nitrogens with zero attached hydrogens (tertiary/aromatic N) is 4. The van der Waals surface area contributed by atoms with Gasteiger partial charge in [-0.15, -0.1) is 0 Å². The van der Waals surface area contributed by atoms with Gasteiger partial charge in [0.05, 0.1) is 37.7 Å². The second-order valence-corrected chi connectivity index (χ2v) is 28.3. The van der Waals surface area contributed by atoms with E-state index in [1.165, 1.54) is 66.0 Å². The molecule has 1 aliphatic heterocycles. The summed E-state index contributed by atoms with van der Waals surface area (Å²) in [4.78, 5) is 9.49. The molecule has 0 saturated heterocycles. The first-order chi connectivity index (χ1) is 42.9. The molecule has 0 bridgehead atoms. The molecule has 84 heavy (non-hydrogen) atoms. The summed E-state index contributed by atoms with van der Waals surface area (Å²) in [6, 6.07) is 35.8. The van der Waals surface area contributed by atoms with Crippen LogP contribution in [0.2, 0.25) is 0 Å². The maximum atomic E-state index is 10.3. The van der Waals surface area contributed by atoms with Crippen LogP contribution in [-0.2, 0) is 40.9 Å². The van der Waals surface area contributed by atoms with Crippen LogP contribution in [0.4, 0.5) is 22.7 Å². The Morgan fingerprint density at radius 3 is 1.87 bits per heavy atom. The monoisotopic (exact) mass is 1120 g/mol. The van der Waals surface area contributed by atoms with E-state index in [9.17, 15) is 9.60 Å².